The Labute approximate surface area is 99.9 Å². The van der Waals surface area contributed by atoms with Crippen LogP contribution in [0.3, 0.4) is 0 Å². The van der Waals surface area contributed by atoms with Crippen molar-refractivity contribution in [3.05, 3.63) is 43.5 Å². The summed E-state index contributed by atoms with van der Waals surface area (Å²) >= 11 is 0. The quantitative estimate of drug-likeness (QED) is 0.362. The zero-order valence-electron chi connectivity index (χ0n) is 9.30. The number of hydrogen-bond donors (Lipinski definition) is 1. The number of hydrogen-bond acceptors (Lipinski definition) is 0. The van der Waals surface area contributed by atoms with Crippen molar-refractivity contribution in [1.82, 2.24) is 4.98 Å². The van der Waals surface area contributed by atoms with E-state index in [1.54, 1.807) is 0 Å². The second-order valence-corrected chi connectivity index (χ2v) is 5.22. The SMILES string of the molecule is C=CCc1[nH]cc[n+]1CC=C.F[P-](F)(F)(F)(F)F. The van der Waals surface area contributed by atoms with Crippen LogP contribution < -0.4 is 4.57 Å². The van der Waals surface area contributed by atoms with E-state index in [1.807, 2.05) is 24.5 Å². The molecule has 0 saturated heterocycles. The summed E-state index contributed by atoms with van der Waals surface area (Å²) in [7, 11) is -10.7. The Balaban J connectivity index is 0.000000360. The maximum absolute atomic E-state index is 10.7. The molecule has 0 aliphatic heterocycles. The summed E-state index contributed by atoms with van der Waals surface area (Å²) in [5.74, 6) is 1.17. The van der Waals surface area contributed by atoms with Gasteiger partial charge in [0.25, 0.3) is 5.82 Å². The second-order valence-electron chi connectivity index (χ2n) is 3.30. The molecule has 1 heterocycles. The van der Waals surface area contributed by atoms with Gasteiger partial charge in [-0.25, -0.2) is 9.55 Å². The third-order valence-electron chi connectivity index (χ3n) is 1.51. The summed E-state index contributed by atoms with van der Waals surface area (Å²) in [5.41, 5.74) is 0. The third kappa shape index (κ3) is 12.8. The van der Waals surface area contributed by atoms with Gasteiger partial charge in [0, 0.05) is 0 Å². The van der Waals surface area contributed by atoms with Crippen molar-refractivity contribution >= 4 is 7.81 Å². The van der Waals surface area contributed by atoms with E-state index in [1.165, 1.54) is 5.82 Å². The normalized spacial score (nSPS) is 14.8. The van der Waals surface area contributed by atoms with Crippen molar-refractivity contribution in [3.8, 4) is 0 Å². The fourth-order valence-electron chi connectivity index (χ4n) is 1.02. The standard InChI is InChI=1S/C9H12N2.F6P/c1-3-5-9-10-6-8-11(9)7-4-2;1-7(2,3,4,5)6/h3-4,6,8H,1-2,5,7H2;/q;-1/p+1. The molecule has 0 aliphatic carbocycles. The maximum atomic E-state index is 9.87. The molecule has 0 aromatic carbocycles. The molecular weight excluding hydrogens is 281 g/mol. The summed E-state index contributed by atoms with van der Waals surface area (Å²) < 4.78 is 61.3. The van der Waals surface area contributed by atoms with Crippen molar-refractivity contribution in [2.45, 2.75) is 13.0 Å². The van der Waals surface area contributed by atoms with Crippen LogP contribution in [0.15, 0.2) is 37.7 Å². The molecule has 1 aromatic rings. The van der Waals surface area contributed by atoms with Gasteiger partial charge in [-0.3, -0.25) is 0 Å². The zero-order chi connectivity index (χ0) is 14.5. The monoisotopic (exact) mass is 294 g/mol. The van der Waals surface area contributed by atoms with Crippen LogP contribution in [-0.4, -0.2) is 4.98 Å². The number of imidazole rings is 1. The Morgan fingerprint density at radius 1 is 1.11 bits per heavy atom. The van der Waals surface area contributed by atoms with Gasteiger partial charge in [0.2, 0.25) is 0 Å². The minimum atomic E-state index is -10.7. The molecule has 106 valence electrons. The predicted octanol–water partition coefficient (Wildman–Crippen LogP) is 4.60. The van der Waals surface area contributed by atoms with Crippen molar-refractivity contribution in [2.75, 3.05) is 0 Å². The molecule has 0 amide bonds. The fourth-order valence-corrected chi connectivity index (χ4v) is 1.02. The van der Waals surface area contributed by atoms with Gasteiger partial charge in [-0.05, 0) is 0 Å². The topological polar surface area (TPSA) is 19.7 Å². The van der Waals surface area contributed by atoms with Crippen LogP contribution in [0.2, 0.25) is 0 Å². The van der Waals surface area contributed by atoms with Gasteiger partial charge >= 0.3 is 33.0 Å². The van der Waals surface area contributed by atoms with Crippen LogP contribution in [0, 0.1) is 0 Å². The average Bonchev–Trinajstić information content (AvgIpc) is 2.49. The van der Waals surface area contributed by atoms with E-state index < -0.39 is 7.81 Å². The molecule has 0 unspecified atom stereocenters. The first-order valence-corrected chi connectivity index (χ1v) is 6.70. The first-order chi connectivity index (χ1) is 7.83. The number of nitrogens with one attached hydrogen (secondary N) is 1. The molecule has 1 rings (SSSR count). The van der Waals surface area contributed by atoms with Crippen molar-refractivity contribution in [3.63, 3.8) is 0 Å². The molecule has 0 aliphatic rings. The number of allylic oxidation sites excluding steroid dienone is 2. The van der Waals surface area contributed by atoms with E-state index in [4.69, 9.17) is 0 Å². The van der Waals surface area contributed by atoms with E-state index in [2.05, 4.69) is 22.7 Å². The molecule has 0 spiro atoms. The number of halogens is 6. The fraction of sp³-hybridized carbons (Fsp3) is 0.222. The second kappa shape index (κ2) is 4.76. The van der Waals surface area contributed by atoms with Gasteiger partial charge in [0.15, 0.2) is 0 Å². The van der Waals surface area contributed by atoms with Crippen molar-refractivity contribution in [1.29, 1.82) is 0 Å². The Morgan fingerprint density at radius 3 is 2.00 bits per heavy atom. The van der Waals surface area contributed by atoms with E-state index in [9.17, 15) is 25.2 Å². The van der Waals surface area contributed by atoms with Crippen LogP contribution in [0.1, 0.15) is 5.82 Å². The average molecular weight is 294 g/mol. The Bertz CT molecular complexity index is 383. The van der Waals surface area contributed by atoms with Crippen LogP contribution in [-0.2, 0) is 13.0 Å². The van der Waals surface area contributed by atoms with E-state index >= 15 is 0 Å². The summed E-state index contributed by atoms with van der Waals surface area (Å²) in [6, 6.07) is 0. The number of rotatable bonds is 4. The first kappa shape index (κ1) is 16.7. The molecule has 9 heteroatoms. The van der Waals surface area contributed by atoms with Crippen LogP contribution in [0.4, 0.5) is 25.2 Å². The summed E-state index contributed by atoms with van der Waals surface area (Å²) in [6.07, 6.45) is 8.55. The summed E-state index contributed by atoms with van der Waals surface area (Å²) in [4.78, 5) is 3.14. The predicted molar refractivity (Wildman–Crippen MR) is 58.7 cm³/mol. The molecule has 0 atom stereocenters. The third-order valence-corrected chi connectivity index (χ3v) is 1.51. The number of aromatic nitrogens is 2. The Morgan fingerprint density at radius 2 is 1.61 bits per heavy atom. The van der Waals surface area contributed by atoms with E-state index in [-0.39, 0.29) is 0 Å². The Hall–Kier alpha value is -1.30. The molecule has 0 bridgehead atoms. The van der Waals surface area contributed by atoms with Crippen LogP contribution in [0.5, 0.6) is 0 Å². The van der Waals surface area contributed by atoms with Crippen molar-refractivity contribution in [2.24, 2.45) is 0 Å². The number of nitrogens with zero attached hydrogens (tertiary/aromatic N) is 1. The molecule has 1 N–H and O–H groups in total. The van der Waals surface area contributed by atoms with Gasteiger partial charge in [0.1, 0.15) is 18.9 Å². The minimum absolute atomic E-state index is 0.854. The van der Waals surface area contributed by atoms with Crippen molar-refractivity contribution < 1.29 is 29.7 Å². The van der Waals surface area contributed by atoms with Crippen LogP contribution in [0.25, 0.3) is 0 Å². The van der Waals surface area contributed by atoms with Gasteiger partial charge < -0.3 is 0 Å². The van der Waals surface area contributed by atoms with Gasteiger partial charge in [-0.2, -0.15) is 0 Å². The molecule has 0 radical (unpaired) electrons. The van der Waals surface area contributed by atoms with E-state index in [0.29, 0.717) is 0 Å². The number of aromatic amines is 1. The molecular formula is C9H13F6N2P. The molecule has 0 fully saturated rings. The zero-order valence-corrected chi connectivity index (χ0v) is 10.2. The molecule has 2 nitrogen and oxygen atoms in total. The van der Waals surface area contributed by atoms with Crippen LogP contribution >= 0.6 is 7.81 Å². The molecule has 0 saturated carbocycles. The Kier molecular flexibility index (Phi) is 4.42. The van der Waals surface area contributed by atoms with Gasteiger partial charge in [-0.1, -0.05) is 18.7 Å². The summed E-state index contributed by atoms with van der Waals surface area (Å²) in [6.45, 7) is 8.21. The molecule has 1 aromatic heterocycles. The number of H-pyrrole nitrogens is 1. The van der Waals surface area contributed by atoms with Gasteiger partial charge in [-0.15, -0.1) is 6.58 Å². The van der Waals surface area contributed by atoms with E-state index in [0.717, 1.165) is 13.0 Å². The van der Waals surface area contributed by atoms with Gasteiger partial charge in [0.05, 0.1) is 6.42 Å². The summed E-state index contributed by atoms with van der Waals surface area (Å²) in [5, 5.41) is 0. The first-order valence-electron chi connectivity index (χ1n) is 4.67. The molecule has 18 heavy (non-hydrogen) atoms.